The maximum absolute atomic E-state index is 10.5. The smallest absolute Gasteiger partial charge is 0.221 e. The van der Waals surface area contributed by atoms with E-state index in [1.807, 2.05) is 30.3 Å². The van der Waals surface area contributed by atoms with Gasteiger partial charge in [0, 0.05) is 18.0 Å². The minimum absolute atomic E-state index is 0.0790. The van der Waals surface area contributed by atoms with Gasteiger partial charge in [0.2, 0.25) is 4.77 Å². The van der Waals surface area contributed by atoms with Crippen molar-refractivity contribution in [1.82, 2.24) is 19.4 Å². The molecule has 1 saturated heterocycles. The maximum Gasteiger partial charge on any atom is 0.221 e. The highest BCUT2D eigenvalue weighted by molar-refractivity contribution is 7.71. The maximum atomic E-state index is 10.5. The zero-order valence-electron chi connectivity index (χ0n) is 16.2. The van der Waals surface area contributed by atoms with Gasteiger partial charge < -0.3 is 25.2 Å². The lowest BCUT2D eigenvalue weighted by atomic mass is 9.98. The summed E-state index contributed by atoms with van der Waals surface area (Å²) < 4.78 is 8.27. The summed E-state index contributed by atoms with van der Waals surface area (Å²) in [5.41, 5.74) is 1.45. The zero-order chi connectivity index (χ0) is 22.0. The molecule has 0 spiro atoms. The highest BCUT2D eigenvalue weighted by Gasteiger charge is 2.45. The summed E-state index contributed by atoms with van der Waals surface area (Å²) >= 11 is 5.54. The van der Waals surface area contributed by atoms with Crippen LogP contribution in [0.2, 0.25) is 0 Å². The van der Waals surface area contributed by atoms with E-state index in [1.54, 1.807) is 30.7 Å². The van der Waals surface area contributed by atoms with E-state index in [2.05, 4.69) is 15.2 Å². The van der Waals surface area contributed by atoms with Crippen LogP contribution in [-0.2, 0) is 4.74 Å². The molecular weight excluding hydrogens is 422 g/mol. The second-order valence-corrected chi connectivity index (χ2v) is 7.34. The number of pyridine rings is 1. The van der Waals surface area contributed by atoms with E-state index in [1.165, 1.54) is 9.36 Å². The Morgan fingerprint density at radius 2 is 1.84 bits per heavy atom. The van der Waals surface area contributed by atoms with Crippen molar-refractivity contribution in [2.24, 2.45) is 5.10 Å². The number of aliphatic hydroxyl groups is 4. The Hall–Kier alpha value is -2.80. The van der Waals surface area contributed by atoms with Crippen molar-refractivity contribution in [1.29, 1.82) is 0 Å². The first-order chi connectivity index (χ1) is 15.0. The molecule has 1 aliphatic heterocycles. The Bertz CT molecular complexity index is 1100. The lowest BCUT2D eigenvalue weighted by Crippen LogP contribution is -2.56. The summed E-state index contributed by atoms with van der Waals surface area (Å²) in [7, 11) is 0. The molecule has 10 nitrogen and oxygen atoms in total. The summed E-state index contributed by atoms with van der Waals surface area (Å²) in [5.74, 6) is 0.335. The van der Waals surface area contributed by atoms with Crippen molar-refractivity contribution < 1.29 is 25.2 Å². The van der Waals surface area contributed by atoms with Gasteiger partial charge in [0.1, 0.15) is 24.4 Å². The van der Waals surface area contributed by atoms with Gasteiger partial charge in [0.25, 0.3) is 0 Å². The molecule has 5 atom stereocenters. The van der Waals surface area contributed by atoms with Crippen LogP contribution < -0.4 is 0 Å². The summed E-state index contributed by atoms with van der Waals surface area (Å²) in [6, 6.07) is 12.9. The van der Waals surface area contributed by atoms with Crippen LogP contribution in [0.1, 0.15) is 11.8 Å². The van der Waals surface area contributed by atoms with Crippen LogP contribution in [0.15, 0.2) is 60.0 Å². The Kier molecular flexibility index (Phi) is 6.32. The van der Waals surface area contributed by atoms with E-state index in [-0.39, 0.29) is 4.77 Å². The van der Waals surface area contributed by atoms with Crippen LogP contribution >= 0.6 is 12.2 Å². The van der Waals surface area contributed by atoms with Crippen molar-refractivity contribution >= 4 is 18.4 Å². The van der Waals surface area contributed by atoms with Crippen molar-refractivity contribution in [3.05, 3.63) is 65.2 Å². The number of benzene rings is 1. The van der Waals surface area contributed by atoms with E-state index in [4.69, 9.17) is 17.0 Å². The van der Waals surface area contributed by atoms with E-state index in [0.29, 0.717) is 11.4 Å². The van der Waals surface area contributed by atoms with Gasteiger partial charge in [0.05, 0.1) is 12.8 Å². The molecule has 0 radical (unpaired) electrons. The van der Waals surface area contributed by atoms with E-state index >= 15 is 0 Å². The second-order valence-electron chi connectivity index (χ2n) is 6.98. The number of hydrogen-bond donors (Lipinski definition) is 4. The molecule has 2 aromatic heterocycles. The quantitative estimate of drug-likeness (QED) is 0.327. The van der Waals surface area contributed by atoms with Crippen LogP contribution in [0.4, 0.5) is 0 Å². The van der Waals surface area contributed by atoms with Gasteiger partial charge in [-0.1, -0.05) is 30.3 Å². The minimum Gasteiger partial charge on any atom is -0.394 e. The Balaban J connectivity index is 1.80. The molecule has 11 heteroatoms. The Morgan fingerprint density at radius 1 is 1.06 bits per heavy atom. The topological polar surface area (TPSA) is 138 Å². The van der Waals surface area contributed by atoms with Crippen LogP contribution in [0.3, 0.4) is 0 Å². The summed E-state index contributed by atoms with van der Waals surface area (Å²) in [6.45, 7) is -0.558. The second kappa shape index (κ2) is 9.14. The molecule has 0 aliphatic carbocycles. The van der Waals surface area contributed by atoms with Gasteiger partial charge in [-0.05, 0) is 29.9 Å². The highest BCUT2D eigenvalue weighted by Crippen LogP contribution is 2.29. The highest BCUT2D eigenvalue weighted by atomic mass is 32.1. The van der Waals surface area contributed by atoms with Crippen molar-refractivity contribution in [3.63, 3.8) is 0 Å². The fourth-order valence-corrected chi connectivity index (χ4v) is 3.55. The van der Waals surface area contributed by atoms with Crippen LogP contribution in [-0.4, -0.2) is 77.1 Å². The summed E-state index contributed by atoms with van der Waals surface area (Å²) in [5, 5.41) is 49.1. The fraction of sp³-hybridized carbons (Fsp3) is 0.300. The van der Waals surface area contributed by atoms with Gasteiger partial charge in [-0.15, -0.1) is 5.10 Å². The Labute approximate surface area is 182 Å². The molecular formula is C20H21N5O5S. The minimum atomic E-state index is -1.56. The van der Waals surface area contributed by atoms with Gasteiger partial charge in [-0.3, -0.25) is 4.98 Å². The number of hydrogen-bond acceptors (Lipinski definition) is 9. The van der Waals surface area contributed by atoms with E-state index < -0.39 is 37.3 Å². The van der Waals surface area contributed by atoms with Crippen LogP contribution in [0.25, 0.3) is 11.4 Å². The largest absolute Gasteiger partial charge is 0.394 e. The molecule has 1 aromatic carbocycles. The normalized spacial score (nSPS) is 26.4. The van der Waals surface area contributed by atoms with Gasteiger partial charge in [-0.2, -0.15) is 9.78 Å². The third-order valence-corrected chi connectivity index (χ3v) is 5.29. The predicted octanol–water partition coefficient (Wildman–Crippen LogP) is 0.331. The van der Waals surface area contributed by atoms with Gasteiger partial charge >= 0.3 is 0 Å². The SMILES string of the molecule is OC[C@H]1O[C@@H](n2nc(-c3cccnc3)n(/N=C/c3ccccc3)c2=S)[C@H](O)[C@@H](O)[C@@H]1O. The lowest BCUT2D eigenvalue weighted by molar-refractivity contribution is -0.254. The zero-order valence-corrected chi connectivity index (χ0v) is 17.0. The van der Waals surface area contributed by atoms with Gasteiger partial charge in [-0.25, -0.2) is 4.68 Å². The fourth-order valence-electron chi connectivity index (χ4n) is 3.27. The predicted molar refractivity (Wildman–Crippen MR) is 113 cm³/mol. The number of aromatic nitrogens is 4. The summed E-state index contributed by atoms with van der Waals surface area (Å²) in [6.07, 6.45) is -2.11. The molecule has 4 N–H and O–H groups in total. The van der Waals surface area contributed by atoms with Gasteiger partial charge in [0.15, 0.2) is 12.1 Å². The molecule has 0 bridgehead atoms. The Morgan fingerprint density at radius 3 is 2.52 bits per heavy atom. The van der Waals surface area contributed by atoms with Crippen molar-refractivity contribution in [2.75, 3.05) is 6.61 Å². The first-order valence-electron chi connectivity index (χ1n) is 9.53. The van der Waals surface area contributed by atoms with E-state index in [0.717, 1.165) is 5.56 Å². The monoisotopic (exact) mass is 443 g/mol. The lowest BCUT2D eigenvalue weighted by Gasteiger charge is -2.39. The number of ether oxygens (including phenoxy) is 1. The molecule has 0 saturated carbocycles. The van der Waals surface area contributed by atoms with Crippen LogP contribution in [0.5, 0.6) is 0 Å². The molecule has 1 fully saturated rings. The molecule has 162 valence electrons. The number of nitrogens with zero attached hydrogens (tertiary/aromatic N) is 5. The summed E-state index contributed by atoms with van der Waals surface area (Å²) in [4.78, 5) is 4.10. The average molecular weight is 443 g/mol. The number of aliphatic hydroxyl groups excluding tert-OH is 4. The average Bonchev–Trinajstić information content (AvgIpc) is 3.13. The van der Waals surface area contributed by atoms with Crippen LogP contribution in [0, 0.1) is 4.77 Å². The first-order valence-corrected chi connectivity index (χ1v) is 9.94. The van der Waals surface area contributed by atoms with Crippen molar-refractivity contribution in [3.8, 4) is 11.4 Å². The first kappa shape index (κ1) is 21.4. The molecule has 3 aromatic rings. The molecule has 31 heavy (non-hydrogen) atoms. The van der Waals surface area contributed by atoms with Crippen molar-refractivity contribution in [2.45, 2.75) is 30.6 Å². The third kappa shape index (κ3) is 4.19. The molecule has 3 heterocycles. The molecule has 0 unspecified atom stereocenters. The molecule has 4 rings (SSSR count). The number of rotatable bonds is 5. The third-order valence-electron chi connectivity index (χ3n) is 4.93. The van der Waals surface area contributed by atoms with E-state index in [9.17, 15) is 20.4 Å². The standard InChI is InChI=1S/C20H21N5O5S/c26-11-14-15(27)16(28)17(29)19(30-14)25-20(31)24(22-9-12-5-2-1-3-6-12)18(23-25)13-7-4-8-21-10-13/h1-10,14-17,19,26-29H,11H2/b22-9+/t14-,15-,16+,17-,19-/m1/s1. The molecule has 0 amide bonds. The molecule has 1 aliphatic rings.